The smallest absolute Gasteiger partial charge is 0.128 e. The molecule has 2 atom stereocenters. The molecule has 110 valence electrons. The van der Waals surface area contributed by atoms with Gasteiger partial charge in [-0.2, -0.15) is 0 Å². The topological polar surface area (TPSA) is 37.4 Å². The first-order valence-corrected chi connectivity index (χ1v) is 7.67. The van der Waals surface area contributed by atoms with E-state index in [0.29, 0.717) is 17.6 Å². The Morgan fingerprint density at radius 2 is 2.20 bits per heavy atom. The zero-order valence-electron chi connectivity index (χ0n) is 12.7. The number of nitrogens with one attached hydrogen (secondary N) is 1. The van der Waals surface area contributed by atoms with E-state index in [4.69, 9.17) is 4.74 Å². The van der Waals surface area contributed by atoms with Crippen molar-refractivity contribution in [3.63, 3.8) is 0 Å². The van der Waals surface area contributed by atoms with Crippen LogP contribution in [-0.4, -0.2) is 37.8 Å². The summed E-state index contributed by atoms with van der Waals surface area (Å²) in [7, 11) is 4.02. The van der Waals surface area contributed by atoms with Crippen LogP contribution in [0.15, 0.2) is 18.3 Å². The molecule has 1 heterocycles. The van der Waals surface area contributed by atoms with Gasteiger partial charge in [0.05, 0.1) is 18.0 Å². The summed E-state index contributed by atoms with van der Waals surface area (Å²) >= 11 is 0. The summed E-state index contributed by atoms with van der Waals surface area (Å²) in [6.07, 6.45) is 7.49. The van der Waals surface area contributed by atoms with Crippen molar-refractivity contribution >= 4 is 11.5 Å². The zero-order chi connectivity index (χ0) is 14.2. The molecule has 1 aromatic rings. The Balaban J connectivity index is 1.64. The van der Waals surface area contributed by atoms with Gasteiger partial charge in [0.2, 0.25) is 0 Å². The number of nitrogens with zero attached hydrogens (tertiary/aromatic N) is 2. The van der Waals surface area contributed by atoms with Crippen LogP contribution in [0.1, 0.15) is 32.6 Å². The predicted molar refractivity (Wildman–Crippen MR) is 82.3 cm³/mol. The lowest BCUT2D eigenvalue weighted by atomic mass is 9.51. The van der Waals surface area contributed by atoms with E-state index in [2.05, 4.69) is 29.4 Å². The molecule has 2 saturated carbocycles. The molecule has 1 aromatic heterocycles. The molecule has 4 heteroatoms. The number of hydrogen-bond acceptors (Lipinski definition) is 4. The number of anilines is 2. The molecule has 2 aliphatic rings. The Labute approximate surface area is 121 Å². The molecule has 0 radical (unpaired) electrons. The fourth-order valence-electron chi connectivity index (χ4n) is 3.58. The van der Waals surface area contributed by atoms with Gasteiger partial charge in [0.1, 0.15) is 5.82 Å². The average Bonchev–Trinajstić information content (AvgIpc) is 2.36. The summed E-state index contributed by atoms with van der Waals surface area (Å²) in [6.45, 7) is 2.93. The molecule has 0 bridgehead atoms. The number of rotatable bonds is 5. The highest BCUT2D eigenvalue weighted by atomic mass is 16.5. The molecular formula is C16H25N3O. The van der Waals surface area contributed by atoms with Gasteiger partial charge in [0, 0.05) is 32.2 Å². The van der Waals surface area contributed by atoms with Gasteiger partial charge in [0.25, 0.3) is 0 Å². The lowest BCUT2D eigenvalue weighted by Gasteiger charge is -2.61. The highest BCUT2D eigenvalue weighted by molar-refractivity contribution is 5.49. The Kier molecular flexibility index (Phi) is 3.59. The minimum Gasteiger partial charge on any atom is -0.380 e. The van der Waals surface area contributed by atoms with Crippen molar-refractivity contribution in [2.45, 2.75) is 44.8 Å². The summed E-state index contributed by atoms with van der Waals surface area (Å²) in [5.41, 5.74) is 1.53. The van der Waals surface area contributed by atoms with Crippen molar-refractivity contribution < 1.29 is 4.74 Å². The lowest BCUT2D eigenvalue weighted by Crippen LogP contribution is -2.64. The fourth-order valence-corrected chi connectivity index (χ4v) is 3.58. The largest absolute Gasteiger partial charge is 0.380 e. The molecular weight excluding hydrogens is 250 g/mol. The summed E-state index contributed by atoms with van der Waals surface area (Å²) in [4.78, 5) is 6.49. The summed E-state index contributed by atoms with van der Waals surface area (Å²) in [5.74, 6) is 0.995. The third-order valence-electron chi connectivity index (χ3n) is 4.98. The van der Waals surface area contributed by atoms with Crippen LogP contribution >= 0.6 is 0 Å². The first kappa shape index (κ1) is 13.7. The van der Waals surface area contributed by atoms with Gasteiger partial charge in [-0.05, 0) is 38.3 Å². The molecule has 2 unspecified atom stereocenters. The Hall–Kier alpha value is -1.29. The standard InChI is InChI=1S/C16H25N3O/c1-4-20-14-10-13(16(14)8-5-9-16)18-12-6-7-15(17-11-12)19(2)3/h6-7,11,13-14,18H,4-5,8-10H2,1-3H3. The van der Waals surface area contributed by atoms with E-state index >= 15 is 0 Å². The van der Waals surface area contributed by atoms with Crippen LogP contribution in [0.3, 0.4) is 0 Å². The van der Waals surface area contributed by atoms with Gasteiger partial charge < -0.3 is 15.0 Å². The molecule has 1 N–H and O–H groups in total. The maximum absolute atomic E-state index is 5.89. The maximum atomic E-state index is 5.89. The summed E-state index contributed by atoms with van der Waals surface area (Å²) < 4.78 is 5.89. The average molecular weight is 275 g/mol. The van der Waals surface area contributed by atoms with E-state index in [-0.39, 0.29) is 0 Å². The molecule has 4 nitrogen and oxygen atoms in total. The van der Waals surface area contributed by atoms with Crippen LogP contribution in [0.25, 0.3) is 0 Å². The fraction of sp³-hybridized carbons (Fsp3) is 0.688. The van der Waals surface area contributed by atoms with Crippen molar-refractivity contribution in [2.24, 2.45) is 5.41 Å². The molecule has 0 aliphatic heterocycles. The van der Waals surface area contributed by atoms with E-state index in [1.54, 1.807) is 0 Å². The van der Waals surface area contributed by atoms with E-state index in [1.165, 1.54) is 19.3 Å². The normalized spacial score (nSPS) is 26.8. The molecule has 2 aliphatic carbocycles. The molecule has 20 heavy (non-hydrogen) atoms. The summed E-state index contributed by atoms with van der Waals surface area (Å²) in [5, 5.41) is 3.66. The quantitative estimate of drug-likeness (QED) is 0.896. The third-order valence-corrected chi connectivity index (χ3v) is 4.98. The van der Waals surface area contributed by atoms with Crippen LogP contribution in [0.4, 0.5) is 11.5 Å². The zero-order valence-corrected chi connectivity index (χ0v) is 12.7. The van der Waals surface area contributed by atoms with Gasteiger partial charge in [-0.3, -0.25) is 0 Å². The predicted octanol–water partition coefficient (Wildman–Crippen LogP) is 2.91. The van der Waals surface area contributed by atoms with Crippen molar-refractivity contribution in [3.05, 3.63) is 18.3 Å². The SMILES string of the molecule is CCOC1CC(Nc2ccc(N(C)C)nc2)C12CCC2. The van der Waals surface area contributed by atoms with Crippen molar-refractivity contribution in [1.29, 1.82) is 0 Å². The number of ether oxygens (including phenoxy) is 1. The number of hydrogen-bond donors (Lipinski definition) is 1. The van der Waals surface area contributed by atoms with E-state index in [9.17, 15) is 0 Å². The molecule has 0 amide bonds. The lowest BCUT2D eigenvalue weighted by molar-refractivity contribution is -0.157. The van der Waals surface area contributed by atoms with E-state index in [1.807, 2.05) is 25.2 Å². The second-order valence-corrected chi connectivity index (χ2v) is 6.26. The maximum Gasteiger partial charge on any atom is 0.128 e. The van der Waals surface area contributed by atoms with Crippen LogP contribution in [0.5, 0.6) is 0 Å². The first-order chi connectivity index (χ1) is 9.65. The van der Waals surface area contributed by atoms with E-state index < -0.39 is 0 Å². The molecule has 2 fully saturated rings. The highest BCUT2D eigenvalue weighted by Crippen LogP contribution is 2.58. The van der Waals surface area contributed by atoms with Crippen LogP contribution in [0, 0.1) is 5.41 Å². The van der Waals surface area contributed by atoms with Crippen LogP contribution < -0.4 is 10.2 Å². The van der Waals surface area contributed by atoms with E-state index in [0.717, 1.165) is 24.5 Å². The number of pyridine rings is 1. The Bertz CT molecular complexity index is 453. The van der Waals surface area contributed by atoms with Crippen LogP contribution in [-0.2, 0) is 4.74 Å². The van der Waals surface area contributed by atoms with Crippen LogP contribution in [0.2, 0.25) is 0 Å². The van der Waals surface area contributed by atoms with Gasteiger partial charge in [0.15, 0.2) is 0 Å². The second kappa shape index (κ2) is 5.24. The van der Waals surface area contributed by atoms with Crippen molar-refractivity contribution in [3.8, 4) is 0 Å². The molecule has 0 aromatic carbocycles. The van der Waals surface area contributed by atoms with Gasteiger partial charge >= 0.3 is 0 Å². The van der Waals surface area contributed by atoms with Crippen molar-refractivity contribution in [2.75, 3.05) is 30.9 Å². The second-order valence-electron chi connectivity index (χ2n) is 6.26. The Morgan fingerprint density at radius 1 is 1.40 bits per heavy atom. The number of aromatic nitrogens is 1. The Morgan fingerprint density at radius 3 is 2.70 bits per heavy atom. The van der Waals surface area contributed by atoms with Gasteiger partial charge in [-0.25, -0.2) is 4.98 Å². The van der Waals surface area contributed by atoms with Gasteiger partial charge in [-0.1, -0.05) is 6.42 Å². The first-order valence-electron chi connectivity index (χ1n) is 7.67. The monoisotopic (exact) mass is 275 g/mol. The minimum atomic E-state index is 0.399. The molecule has 0 saturated heterocycles. The minimum absolute atomic E-state index is 0.399. The highest BCUT2D eigenvalue weighted by Gasteiger charge is 2.58. The van der Waals surface area contributed by atoms with Crippen molar-refractivity contribution in [1.82, 2.24) is 4.98 Å². The third kappa shape index (κ3) is 2.16. The summed E-state index contributed by atoms with van der Waals surface area (Å²) in [6, 6.07) is 4.75. The molecule has 1 spiro atoms. The molecule has 3 rings (SSSR count). The van der Waals surface area contributed by atoms with Gasteiger partial charge in [-0.15, -0.1) is 0 Å².